The molecule has 0 aromatic heterocycles. The maximum atomic E-state index is 14.0. The van der Waals surface area contributed by atoms with Crippen molar-refractivity contribution in [3.8, 4) is 0 Å². The van der Waals surface area contributed by atoms with E-state index in [1.54, 1.807) is 12.1 Å². The quantitative estimate of drug-likeness (QED) is 0.802. The molecule has 2 saturated carbocycles. The molecule has 1 aromatic carbocycles. The van der Waals surface area contributed by atoms with E-state index in [9.17, 15) is 4.39 Å². The third-order valence-electron chi connectivity index (χ3n) is 6.54. The fourth-order valence-electron chi connectivity index (χ4n) is 5.22. The predicted molar refractivity (Wildman–Crippen MR) is 93.3 cm³/mol. The van der Waals surface area contributed by atoms with Gasteiger partial charge in [-0.05, 0) is 43.2 Å². The van der Waals surface area contributed by atoms with Crippen LogP contribution < -0.4 is 4.90 Å². The van der Waals surface area contributed by atoms with Crippen LogP contribution in [0.4, 0.5) is 10.1 Å². The molecule has 1 saturated heterocycles. The molecule has 3 atom stereocenters. The Morgan fingerprint density at radius 2 is 1.57 bits per heavy atom. The van der Waals surface area contributed by atoms with Gasteiger partial charge < -0.3 is 4.90 Å². The molecule has 4 rings (SSSR count). The van der Waals surface area contributed by atoms with Crippen LogP contribution in [-0.2, 0) is 0 Å². The molecule has 1 heterocycles. The number of halogens is 1. The molecular weight excluding hydrogens is 287 g/mol. The van der Waals surface area contributed by atoms with Crippen molar-refractivity contribution < 1.29 is 4.39 Å². The van der Waals surface area contributed by atoms with Crippen LogP contribution in [0.5, 0.6) is 0 Å². The van der Waals surface area contributed by atoms with E-state index in [4.69, 9.17) is 0 Å². The summed E-state index contributed by atoms with van der Waals surface area (Å²) in [7, 11) is 0. The summed E-state index contributed by atoms with van der Waals surface area (Å²) >= 11 is 0. The zero-order valence-electron chi connectivity index (χ0n) is 14.1. The van der Waals surface area contributed by atoms with Crippen molar-refractivity contribution >= 4 is 5.69 Å². The Balaban J connectivity index is 1.34. The second-order valence-electron chi connectivity index (χ2n) is 7.75. The number of nitrogens with zero attached hydrogens (tertiary/aromatic N) is 2. The van der Waals surface area contributed by atoms with Gasteiger partial charge in [-0.2, -0.15) is 0 Å². The molecule has 3 unspecified atom stereocenters. The SMILES string of the molecule is Fc1ccccc1N1CCN(C2CCC3CCCCC3C2)CC1. The fourth-order valence-corrected chi connectivity index (χ4v) is 5.22. The number of piperazine rings is 1. The summed E-state index contributed by atoms with van der Waals surface area (Å²) in [6.45, 7) is 4.11. The number of hydrogen-bond acceptors (Lipinski definition) is 2. The van der Waals surface area contributed by atoms with Gasteiger partial charge in [0.1, 0.15) is 5.82 Å². The Hall–Kier alpha value is -1.09. The highest BCUT2D eigenvalue weighted by atomic mass is 19.1. The summed E-state index contributed by atoms with van der Waals surface area (Å²) < 4.78 is 14.0. The average molecular weight is 316 g/mol. The van der Waals surface area contributed by atoms with Crippen LogP contribution in [-0.4, -0.2) is 37.1 Å². The van der Waals surface area contributed by atoms with Gasteiger partial charge in [0.05, 0.1) is 5.69 Å². The molecule has 2 aliphatic carbocycles. The lowest BCUT2D eigenvalue weighted by atomic mass is 9.69. The van der Waals surface area contributed by atoms with Crippen molar-refractivity contribution in [2.75, 3.05) is 31.1 Å². The van der Waals surface area contributed by atoms with Crippen molar-refractivity contribution in [1.29, 1.82) is 0 Å². The molecule has 1 aliphatic heterocycles. The first kappa shape index (κ1) is 15.4. The minimum absolute atomic E-state index is 0.0799. The number of rotatable bonds is 2. The predicted octanol–water partition coefficient (Wildman–Crippen LogP) is 4.31. The molecule has 3 fully saturated rings. The lowest BCUT2D eigenvalue weighted by Gasteiger charge is -2.46. The zero-order valence-corrected chi connectivity index (χ0v) is 14.1. The summed E-state index contributed by atoms with van der Waals surface area (Å²) in [5, 5.41) is 0. The third-order valence-corrected chi connectivity index (χ3v) is 6.54. The highest BCUT2D eigenvalue weighted by Gasteiger charge is 2.35. The highest BCUT2D eigenvalue weighted by molar-refractivity contribution is 5.48. The van der Waals surface area contributed by atoms with Gasteiger partial charge in [-0.25, -0.2) is 4.39 Å². The number of para-hydroxylation sites is 1. The number of benzene rings is 1. The summed E-state index contributed by atoms with van der Waals surface area (Å²) in [4.78, 5) is 4.92. The van der Waals surface area contributed by atoms with Gasteiger partial charge in [-0.1, -0.05) is 37.8 Å². The smallest absolute Gasteiger partial charge is 0.146 e. The molecule has 0 radical (unpaired) electrons. The van der Waals surface area contributed by atoms with E-state index in [1.807, 2.05) is 12.1 Å². The van der Waals surface area contributed by atoms with Crippen LogP contribution in [0.25, 0.3) is 0 Å². The van der Waals surface area contributed by atoms with E-state index in [-0.39, 0.29) is 5.82 Å². The molecule has 0 bridgehead atoms. The van der Waals surface area contributed by atoms with E-state index in [2.05, 4.69) is 9.80 Å². The first-order valence-corrected chi connectivity index (χ1v) is 9.55. The van der Waals surface area contributed by atoms with Crippen LogP contribution in [0, 0.1) is 17.7 Å². The Labute approximate surface area is 139 Å². The largest absolute Gasteiger partial charge is 0.367 e. The molecule has 2 nitrogen and oxygen atoms in total. The molecule has 1 aromatic rings. The van der Waals surface area contributed by atoms with Crippen molar-refractivity contribution in [3.05, 3.63) is 30.1 Å². The van der Waals surface area contributed by atoms with Crippen molar-refractivity contribution in [2.45, 2.75) is 51.0 Å². The van der Waals surface area contributed by atoms with E-state index in [0.717, 1.165) is 49.7 Å². The van der Waals surface area contributed by atoms with E-state index in [0.29, 0.717) is 0 Å². The standard InChI is InChI=1S/C20H29FN2/c21-19-7-3-4-8-20(19)23-13-11-22(12-14-23)18-10-9-16-5-1-2-6-17(16)15-18/h3-4,7-8,16-18H,1-2,5-6,9-15H2. The normalized spacial score (nSPS) is 32.6. The Morgan fingerprint density at radius 1 is 0.826 bits per heavy atom. The fraction of sp³-hybridized carbons (Fsp3) is 0.700. The van der Waals surface area contributed by atoms with Crippen LogP contribution in [0.1, 0.15) is 44.9 Å². The number of fused-ring (bicyclic) bond motifs is 1. The van der Waals surface area contributed by atoms with Gasteiger partial charge in [-0.3, -0.25) is 4.90 Å². The van der Waals surface area contributed by atoms with Crippen molar-refractivity contribution in [1.82, 2.24) is 4.90 Å². The third kappa shape index (κ3) is 3.26. The van der Waals surface area contributed by atoms with Gasteiger partial charge in [0.15, 0.2) is 0 Å². The Morgan fingerprint density at radius 3 is 2.35 bits per heavy atom. The topological polar surface area (TPSA) is 6.48 Å². The maximum Gasteiger partial charge on any atom is 0.146 e. The summed E-state index contributed by atoms with van der Waals surface area (Å²) in [5.74, 6) is 1.94. The second kappa shape index (κ2) is 6.80. The van der Waals surface area contributed by atoms with Crippen LogP contribution in [0.3, 0.4) is 0 Å². The maximum absolute atomic E-state index is 14.0. The highest BCUT2D eigenvalue weighted by Crippen LogP contribution is 2.42. The molecule has 0 amide bonds. The lowest BCUT2D eigenvalue weighted by molar-refractivity contribution is 0.0705. The molecule has 3 heteroatoms. The van der Waals surface area contributed by atoms with Crippen LogP contribution in [0.2, 0.25) is 0 Å². The summed E-state index contributed by atoms with van der Waals surface area (Å²) in [6, 6.07) is 7.99. The van der Waals surface area contributed by atoms with Gasteiger partial charge in [0.25, 0.3) is 0 Å². The minimum atomic E-state index is -0.0799. The summed E-state index contributed by atoms with van der Waals surface area (Å²) in [5.41, 5.74) is 0.781. The van der Waals surface area contributed by atoms with Gasteiger partial charge in [0, 0.05) is 32.2 Å². The first-order valence-electron chi connectivity index (χ1n) is 9.55. The zero-order chi connectivity index (χ0) is 15.6. The van der Waals surface area contributed by atoms with Gasteiger partial charge >= 0.3 is 0 Å². The Bertz CT molecular complexity index is 524. The summed E-state index contributed by atoms with van der Waals surface area (Å²) in [6.07, 6.45) is 10.1. The van der Waals surface area contributed by atoms with E-state index >= 15 is 0 Å². The number of anilines is 1. The first-order chi connectivity index (χ1) is 11.3. The van der Waals surface area contributed by atoms with Crippen molar-refractivity contribution in [2.24, 2.45) is 11.8 Å². The lowest BCUT2D eigenvalue weighted by Crippen LogP contribution is -2.52. The average Bonchev–Trinajstić information content (AvgIpc) is 2.62. The molecule has 3 aliphatic rings. The molecule has 0 spiro atoms. The van der Waals surface area contributed by atoms with Crippen molar-refractivity contribution in [3.63, 3.8) is 0 Å². The molecule has 126 valence electrons. The Kier molecular flexibility index (Phi) is 4.57. The van der Waals surface area contributed by atoms with Gasteiger partial charge in [0.2, 0.25) is 0 Å². The molecular formula is C20H29FN2. The minimum Gasteiger partial charge on any atom is -0.367 e. The number of hydrogen-bond donors (Lipinski definition) is 0. The van der Waals surface area contributed by atoms with E-state index < -0.39 is 0 Å². The second-order valence-corrected chi connectivity index (χ2v) is 7.75. The monoisotopic (exact) mass is 316 g/mol. The van der Waals surface area contributed by atoms with Crippen LogP contribution in [0.15, 0.2) is 24.3 Å². The van der Waals surface area contributed by atoms with Gasteiger partial charge in [-0.15, -0.1) is 0 Å². The van der Waals surface area contributed by atoms with Crippen LogP contribution >= 0.6 is 0 Å². The molecule has 0 N–H and O–H groups in total. The van der Waals surface area contributed by atoms with E-state index in [1.165, 1.54) is 44.9 Å². The molecule has 23 heavy (non-hydrogen) atoms.